The van der Waals surface area contributed by atoms with Gasteiger partial charge in [-0.05, 0) is 5.57 Å². The molecule has 3 atom stereocenters. The van der Waals surface area contributed by atoms with Crippen molar-refractivity contribution in [1.29, 1.82) is 0 Å². The van der Waals surface area contributed by atoms with E-state index in [1.165, 1.54) is 0 Å². The van der Waals surface area contributed by atoms with Crippen LogP contribution in [0.15, 0.2) is 12.2 Å². The molecule has 1 aliphatic heterocycles. The SMILES string of the molecule is C=C1[C@H](OC)C[C@@H]2OCOC[C@@H]12. The number of methoxy groups -OCH3 is 1. The molecule has 0 amide bonds. The summed E-state index contributed by atoms with van der Waals surface area (Å²) in [7, 11) is 1.72. The molecule has 0 aromatic carbocycles. The molecular weight excluding hydrogens is 156 g/mol. The molecule has 0 bridgehead atoms. The summed E-state index contributed by atoms with van der Waals surface area (Å²) in [5.74, 6) is 0.351. The first-order chi connectivity index (χ1) is 5.83. The Morgan fingerprint density at radius 1 is 1.58 bits per heavy atom. The molecular formula is C9H14O3. The minimum atomic E-state index is 0.168. The van der Waals surface area contributed by atoms with Gasteiger partial charge >= 0.3 is 0 Å². The standard InChI is InChI=1S/C9H14O3/c1-6-7-4-11-5-12-9(7)3-8(6)10-2/h7-9H,1,3-5H2,2H3/t7-,8+,9-/m0/s1. The zero-order chi connectivity index (χ0) is 8.55. The fraction of sp³-hybridized carbons (Fsp3) is 0.778. The van der Waals surface area contributed by atoms with Crippen LogP contribution in [0.1, 0.15) is 6.42 Å². The Bertz CT molecular complexity index is 190. The lowest BCUT2D eigenvalue weighted by molar-refractivity contribution is -0.155. The number of hydrogen-bond acceptors (Lipinski definition) is 3. The number of hydrogen-bond donors (Lipinski definition) is 0. The van der Waals surface area contributed by atoms with Crippen LogP contribution < -0.4 is 0 Å². The summed E-state index contributed by atoms with van der Waals surface area (Å²) in [4.78, 5) is 0. The molecule has 0 unspecified atom stereocenters. The predicted octanol–water partition coefficient (Wildman–Crippen LogP) is 0.950. The lowest BCUT2D eigenvalue weighted by Gasteiger charge is -2.25. The normalized spacial score (nSPS) is 41.4. The Kier molecular flexibility index (Phi) is 2.17. The van der Waals surface area contributed by atoms with Gasteiger partial charge in [0.05, 0.1) is 18.8 Å². The van der Waals surface area contributed by atoms with E-state index in [9.17, 15) is 0 Å². The van der Waals surface area contributed by atoms with Crippen LogP contribution in [0.4, 0.5) is 0 Å². The first-order valence-electron chi connectivity index (χ1n) is 4.23. The zero-order valence-electron chi connectivity index (χ0n) is 7.29. The Balaban J connectivity index is 2.08. The second-order valence-electron chi connectivity index (χ2n) is 3.34. The summed E-state index contributed by atoms with van der Waals surface area (Å²) in [5.41, 5.74) is 1.13. The Morgan fingerprint density at radius 3 is 3.08 bits per heavy atom. The Morgan fingerprint density at radius 2 is 2.42 bits per heavy atom. The summed E-state index contributed by atoms with van der Waals surface area (Å²) < 4.78 is 15.9. The third-order valence-corrected chi connectivity index (χ3v) is 2.73. The molecule has 0 aromatic heterocycles. The Hall–Kier alpha value is -0.380. The highest BCUT2D eigenvalue weighted by molar-refractivity contribution is 5.17. The maximum atomic E-state index is 5.44. The van der Waals surface area contributed by atoms with E-state index in [2.05, 4.69) is 6.58 Å². The van der Waals surface area contributed by atoms with Gasteiger partial charge < -0.3 is 14.2 Å². The molecule has 3 nitrogen and oxygen atoms in total. The van der Waals surface area contributed by atoms with Gasteiger partial charge in [-0.25, -0.2) is 0 Å². The summed E-state index contributed by atoms with van der Waals surface area (Å²) in [6, 6.07) is 0. The quantitative estimate of drug-likeness (QED) is 0.548. The van der Waals surface area contributed by atoms with Crippen molar-refractivity contribution >= 4 is 0 Å². The first-order valence-corrected chi connectivity index (χ1v) is 4.23. The molecule has 0 N–H and O–H groups in total. The summed E-state index contributed by atoms with van der Waals surface area (Å²) >= 11 is 0. The van der Waals surface area contributed by atoms with Gasteiger partial charge in [0.15, 0.2) is 0 Å². The van der Waals surface area contributed by atoms with E-state index in [4.69, 9.17) is 14.2 Å². The molecule has 2 fully saturated rings. The summed E-state index contributed by atoms with van der Waals surface area (Å²) in [6.07, 6.45) is 1.38. The molecule has 1 saturated carbocycles. The molecule has 0 radical (unpaired) electrons. The van der Waals surface area contributed by atoms with E-state index in [0.717, 1.165) is 18.6 Å². The largest absolute Gasteiger partial charge is 0.377 e. The van der Waals surface area contributed by atoms with E-state index in [1.54, 1.807) is 7.11 Å². The van der Waals surface area contributed by atoms with Crippen molar-refractivity contribution in [3.8, 4) is 0 Å². The maximum absolute atomic E-state index is 5.44. The second kappa shape index (κ2) is 3.17. The molecule has 3 heteroatoms. The fourth-order valence-corrected chi connectivity index (χ4v) is 1.96. The molecule has 2 aliphatic rings. The van der Waals surface area contributed by atoms with E-state index in [0.29, 0.717) is 12.7 Å². The van der Waals surface area contributed by atoms with Crippen LogP contribution in [-0.2, 0) is 14.2 Å². The van der Waals surface area contributed by atoms with Gasteiger partial charge in [-0.15, -0.1) is 0 Å². The van der Waals surface area contributed by atoms with Crippen molar-refractivity contribution in [1.82, 2.24) is 0 Å². The van der Waals surface area contributed by atoms with Crippen LogP contribution in [0.3, 0.4) is 0 Å². The van der Waals surface area contributed by atoms with Gasteiger partial charge in [0.25, 0.3) is 0 Å². The van der Waals surface area contributed by atoms with Crippen molar-refractivity contribution in [2.45, 2.75) is 18.6 Å². The van der Waals surface area contributed by atoms with Crippen molar-refractivity contribution in [3.05, 3.63) is 12.2 Å². The molecule has 1 heterocycles. The number of rotatable bonds is 1. The van der Waals surface area contributed by atoms with Crippen molar-refractivity contribution in [3.63, 3.8) is 0 Å². The van der Waals surface area contributed by atoms with E-state index >= 15 is 0 Å². The maximum Gasteiger partial charge on any atom is 0.147 e. The molecule has 12 heavy (non-hydrogen) atoms. The van der Waals surface area contributed by atoms with Crippen molar-refractivity contribution in [2.75, 3.05) is 20.5 Å². The average molecular weight is 170 g/mol. The van der Waals surface area contributed by atoms with Crippen LogP contribution in [-0.4, -0.2) is 32.7 Å². The molecule has 0 aromatic rings. The minimum Gasteiger partial charge on any atom is -0.377 e. The minimum absolute atomic E-state index is 0.168. The smallest absolute Gasteiger partial charge is 0.147 e. The predicted molar refractivity (Wildman–Crippen MR) is 43.7 cm³/mol. The fourth-order valence-electron chi connectivity index (χ4n) is 1.96. The number of ether oxygens (including phenoxy) is 3. The van der Waals surface area contributed by atoms with E-state index in [-0.39, 0.29) is 12.2 Å². The van der Waals surface area contributed by atoms with Gasteiger partial charge in [0.2, 0.25) is 0 Å². The van der Waals surface area contributed by atoms with Gasteiger partial charge in [0, 0.05) is 19.4 Å². The van der Waals surface area contributed by atoms with E-state index in [1.807, 2.05) is 0 Å². The molecule has 2 rings (SSSR count). The topological polar surface area (TPSA) is 27.7 Å². The van der Waals surface area contributed by atoms with Crippen molar-refractivity contribution < 1.29 is 14.2 Å². The number of fused-ring (bicyclic) bond motifs is 1. The van der Waals surface area contributed by atoms with Crippen LogP contribution >= 0.6 is 0 Å². The molecule has 1 saturated heterocycles. The van der Waals surface area contributed by atoms with Crippen LogP contribution in [0.25, 0.3) is 0 Å². The van der Waals surface area contributed by atoms with Crippen LogP contribution in [0.5, 0.6) is 0 Å². The lowest BCUT2D eigenvalue weighted by atomic mass is 10.0. The van der Waals surface area contributed by atoms with Crippen molar-refractivity contribution in [2.24, 2.45) is 5.92 Å². The third kappa shape index (κ3) is 1.18. The summed E-state index contributed by atoms with van der Waals surface area (Å²) in [6.45, 7) is 5.17. The summed E-state index contributed by atoms with van der Waals surface area (Å²) in [5, 5.41) is 0. The van der Waals surface area contributed by atoms with Crippen LogP contribution in [0.2, 0.25) is 0 Å². The van der Waals surface area contributed by atoms with Crippen LogP contribution in [0, 0.1) is 5.92 Å². The van der Waals surface area contributed by atoms with Gasteiger partial charge in [-0.1, -0.05) is 6.58 Å². The molecule has 0 spiro atoms. The highest BCUT2D eigenvalue weighted by Crippen LogP contribution is 2.36. The Labute approximate surface area is 72.3 Å². The van der Waals surface area contributed by atoms with Gasteiger partial charge in [-0.3, -0.25) is 0 Å². The highest BCUT2D eigenvalue weighted by atomic mass is 16.7. The monoisotopic (exact) mass is 170 g/mol. The molecule has 1 aliphatic carbocycles. The third-order valence-electron chi connectivity index (χ3n) is 2.73. The zero-order valence-corrected chi connectivity index (χ0v) is 7.29. The first kappa shape index (κ1) is 8.23. The molecule has 68 valence electrons. The highest BCUT2D eigenvalue weighted by Gasteiger charge is 2.40. The lowest BCUT2D eigenvalue weighted by Crippen LogP contribution is -2.30. The van der Waals surface area contributed by atoms with E-state index < -0.39 is 0 Å². The second-order valence-corrected chi connectivity index (χ2v) is 3.34. The van der Waals surface area contributed by atoms with Gasteiger partial charge in [-0.2, -0.15) is 0 Å². The average Bonchev–Trinajstić information content (AvgIpc) is 2.44. The van der Waals surface area contributed by atoms with Gasteiger partial charge in [0.1, 0.15) is 6.79 Å².